The van der Waals surface area contributed by atoms with Crippen LogP contribution in [0.4, 0.5) is 0 Å². The zero-order valence-corrected chi connectivity index (χ0v) is 10.2. The number of carbonyl (C=O) groups excluding carboxylic acids is 1. The number of aromatic nitrogens is 1. The van der Waals surface area contributed by atoms with Crippen molar-refractivity contribution in [2.45, 2.75) is 32.2 Å². The van der Waals surface area contributed by atoms with Crippen molar-refractivity contribution >= 4 is 11.9 Å². The molecule has 6 heteroatoms. The van der Waals surface area contributed by atoms with E-state index >= 15 is 0 Å². The van der Waals surface area contributed by atoms with Crippen molar-refractivity contribution < 1.29 is 19.1 Å². The third kappa shape index (κ3) is 3.44. The van der Waals surface area contributed by atoms with E-state index in [0.717, 1.165) is 0 Å². The Kier molecular flexibility index (Phi) is 5.10. The number of amides is 1. The van der Waals surface area contributed by atoms with Gasteiger partial charge in [0.05, 0.1) is 0 Å². The van der Waals surface area contributed by atoms with Crippen LogP contribution >= 0.6 is 0 Å². The van der Waals surface area contributed by atoms with Gasteiger partial charge in [-0.2, -0.15) is 0 Å². The first kappa shape index (κ1) is 14.0. The molecule has 0 saturated carbocycles. The number of nitrogens with one attached hydrogen (secondary N) is 1. The molecule has 0 radical (unpaired) electrons. The van der Waals surface area contributed by atoms with Crippen molar-refractivity contribution in [3.63, 3.8) is 0 Å². The van der Waals surface area contributed by atoms with Gasteiger partial charge < -0.3 is 14.8 Å². The number of hydrogen-bond donors (Lipinski definition) is 2. The fraction of sp³-hybridized carbons (Fsp3) is 0.417. The number of carboxylic acids is 1. The van der Waals surface area contributed by atoms with Crippen LogP contribution in [0.1, 0.15) is 36.0 Å². The van der Waals surface area contributed by atoms with Crippen LogP contribution in [0.25, 0.3) is 0 Å². The van der Waals surface area contributed by atoms with E-state index in [1.165, 1.54) is 6.39 Å². The second kappa shape index (κ2) is 6.58. The quantitative estimate of drug-likeness (QED) is 0.715. The fourth-order valence-electron chi connectivity index (χ4n) is 1.48. The Balaban J connectivity index is 2.72. The highest BCUT2D eigenvalue weighted by atomic mass is 16.4. The van der Waals surface area contributed by atoms with Crippen LogP contribution in [0.3, 0.4) is 0 Å². The lowest BCUT2D eigenvalue weighted by Crippen LogP contribution is -2.41. The summed E-state index contributed by atoms with van der Waals surface area (Å²) in [5.41, 5.74) is 0.141. The van der Waals surface area contributed by atoms with Gasteiger partial charge in [0, 0.05) is 6.42 Å². The molecule has 6 nitrogen and oxygen atoms in total. The first-order chi connectivity index (χ1) is 8.60. The molecule has 1 atom stereocenters. The number of hydrogen-bond acceptors (Lipinski definition) is 4. The van der Waals surface area contributed by atoms with Crippen molar-refractivity contribution in [1.29, 1.82) is 0 Å². The highest BCUT2D eigenvalue weighted by Gasteiger charge is 2.23. The summed E-state index contributed by atoms with van der Waals surface area (Å²) < 4.78 is 5.02. The predicted molar refractivity (Wildman–Crippen MR) is 64.2 cm³/mol. The summed E-state index contributed by atoms with van der Waals surface area (Å²) in [6.07, 6.45) is 4.11. The number of allylic oxidation sites excluding steroid dienone is 1. The van der Waals surface area contributed by atoms with Crippen molar-refractivity contribution in [2.24, 2.45) is 0 Å². The molecule has 1 aromatic heterocycles. The molecule has 1 rings (SSSR count). The largest absolute Gasteiger partial charge is 0.480 e. The summed E-state index contributed by atoms with van der Waals surface area (Å²) in [5.74, 6) is -1.16. The molecule has 0 aromatic carbocycles. The van der Waals surface area contributed by atoms with Crippen molar-refractivity contribution in [3.05, 3.63) is 30.5 Å². The molecule has 0 saturated heterocycles. The molecular formula is C12H16N2O4. The molecule has 0 bridgehead atoms. The van der Waals surface area contributed by atoms with Crippen LogP contribution in [0.5, 0.6) is 0 Å². The molecule has 0 spiro atoms. The Morgan fingerprint density at radius 3 is 2.94 bits per heavy atom. The molecule has 1 aromatic rings. The van der Waals surface area contributed by atoms with Crippen LogP contribution < -0.4 is 5.32 Å². The molecule has 0 aliphatic heterocycles. The normalized spacial score (nSPS) is 11.8. The Labute approximate surface area is 105 Å². The van der Waals surface area contributed by atoms with Crippen LogP contribution in [0, 0.1) is 0 Å². The fourth-order valence-corrected chi connectivity index (χ4v) is 1.48. The highest BCUT2D eigenvalue weighted by Crippen LogP contribution is 2.08. The molecule has 0 fully saturated rings. The zero-order chi connectivity index (χ0) is 13.5. The van der Waals surface area contributed by atoms with Crippen molar-refractivity contribution in [1.82, 2.24) is 10.3 Å². The molecule has 0 aliphatic carbocycles. The minimum atomic E-state index is -1.08. The summed E-state index contributed by atoms with van der Waals surface area (Å²) >= 11 is 0. The number of aryl methyl sites for hydroxylation is 1. The van der Waals surface area contributed by atoms with Gasteiger partial charge in [-0.3, -0.25) is 4.79 Å². The Morgan fingerprint density at radius 1 is 1.67 bits per heavy atom. The van der Waals surface area contributed by atoms with Gasteiger partial charge in [0.25, 0.3) is 5.91 Å². The molecular weight excluding hydrogens is 236 g/mol. The van der Waals surface area contributed by atoms with Crippen molar-refractivity contribution in [3.8, 4) is 0 Å². The second-order valence-corrected chi connectivity index (χ2v) is 3.71. The van der Waals surface area contributed by atoms with Crippen LogP contribution in [0.2, 0.25) is 0 Å². The third-order valence-electron chi connectivity index (χ3n) is 2.44. The molecule has 1 amide bonds. The van der Waals surface area contributed by atoms with E-state index in [4.69, 9.17) is 9.52 Å². The van der Waals surface area contributed by atoms with Crippen LogP contribution in [-0.4, -0.2) is 28.0 Å². The summed E-state index contributed by atoms with van der Waals surface area (Å²) in [6, 6.07) is -0.947. The number of nitrogens with zero attached hydrogens (tertiary/aromatic N) is 1. The Hall–Kier alpha value is -2.11. The van der Waals surface area contributed by atoms with Crippen LogP contribution in [-0.2, 0) is 11.2 Å². The van der Waals surface area contributed by atoms with Gasteiger partial charge in [0.1, 0.15) is 11.8 Å². The monoisotopic (exact) mass is 252 g/mol. The van der Waals surface area contributed by atoms with Gasteiger partial charge in [0.15, 0.2) is 12.1 Å². The maximum atomic E-state index is 11.8. The minimum Gasteiger partial charge on any atom is -0.480 e. The summed E-state index contributed by atoms with van der Waals surface area (Å²) in [7, 11) is 0. The van der Waals surface area contributed by atoms with Gasteiger partial charge in [0.2, 0.25) is 0 Å². The number of carboxylic acid groups (broad SMARTS) is 1. The van der Waals surface area contributed by atoms with E-state index in [1.54, 1.807) is 6.08 Å². The smallest absolute Gasteiger partial charge is 0.326 e. The minimum absolute atomic E-state index is 0.141. The van der Waals surface area contributed by atoms with Gasteiger partial charge in [-0.05, 0) is 12.8 Å². The van der Waals surface area contributed by atoms with Gasteiger partial charge in [-0.25, -0.2) is 9.78 Å². The summed E-state index contributed by atoms with van der Waals surface area (Å²) in [6.45, 7) is 5.34. The lowest BCUT2D eigenvalue weighted by molar-refractivity contribution is -0.139. The Bertz CT molecular complexity index is 439. The van der Waals surface area contributed by atoms with E-state index in [0.29, 0.717) is 25.0 Å². The van der Waals surface area contributed by atoms with Gasteiger partial charge in [-0.1, -0.05) is 13.0 Å². The number of aliphatic carboxylic acids is 1. The molecule has 1 unspecified atom stereocenters. The van der Waals surface area contributed by atoms with Crippen LogP contribution in [0.15, 0.2) is 23.5 Å². The second-order valence-electron chi connectivity index (χ2n) is 3.71. The average Bonchev–Trinajstić information content (AvgIpc) is 2.82. The molecule has 18 heavy (non-hydrogen) atoms. The number of carbonyl (C=O) groups is 2. The topological polar surface area (TPSA) is 92.4 Å². The maximum Gasteiger partial charge on any atom is 0.326 e. The van der Waals surface area contributed by atoms with E-state index in [2.05, 4.69) is 16.9 Å². The van der Waals surface area contributed by atoms with E-state index in [-0.39, 0.29) is 5.69 Å². The Morgan fingerprint density at radius 2 is 2.39 bits per heavy atom. The third-order valence-corrected chi connectivity index (χ3v) is 2.44. The first-order valence-electron chi connectivity index (χ1n) is 5.67. The van der Waals surface area contributed by atoms with E-state index in [1.807, 2.05) is 6.92 Å². The molecule has 1 heterocycles. The van der Waals surface area contributed by atoms with Gasteiger partial charge >= 0.3 is 5.97 Å². The van der Waals surface area contributed by atoms with Crippen molar-refractivity contribution in [2.75, 3.05) is 0 Å². The lowest BCUT2D eigenvalue weighted by atomic mass is 10.1. The predicted octanol–water partition coefficient (Wildman–Crippen LogP) is 1.39. The number of rotatable bonds is 7. The first-order valence-corrected chi connectivity index (χ1v) is 5.67. The SMILES string of the molecule is C=CCCC(NC(=O)c1ncoc1CC)C(=O)O. The van der Waals surface area contributed by atoms with Gasteiger partial charge in [-0.15, -0.1) is 6.58 Å². The molecule has 2 N–H and O–H groups in total. The highest BCUT2D eigenvalue weighted by molar-refractivity contribution is 5.95. The summed E-state index contributed by atoms with van der Waals surface area (Å²) in [5, 5.41) is 11.4. The zero-order valence-electron chi connectivity index (χ0n) is 10.2. The van der Waals surface area contributed by atoms with E-state index < -0.39 is 17.9 Å². The standard InChI is InChI=1S/C12H16N2O4/c1-3-5-6-8(12(16)17)14-11(15)10-9(4-2)18-7-13-10/h3,7-8H,1,4-6H2,2H3,(H,14,15)(H,16,17). The lowest BCUT2D eigenvalue weighted by Gasteiger charge is -2.12. The average molecular weight is 252 g/mol. The van der Waals surface area contributed by atoms with E-state index in [9.17, 15) is 9.59 Å². The molecule has 98 valence electrons. The number of oxazole rings is 1. The maximum absolute atomic E-state index is 11.8. The summed E-state index contributed by atoms with van der Waals surface area (Å²) in [4.78, 5) is 26.6. The molecule has 0 aliphatic rings.